The van der Waals surface area contributed by atoms with Crippen LogP contribution in [0.25, 0.3) is 0 Å². The lowest BCUT2D eigenvalue weighted by molar-refractivity contribution is -0.121. The maximum absolute atomic E-state index is 12.5. The number of amides is 2. The molecule has 0 spiro atoms. The van der Waals surface area contributed by atoms with Gasteiger partial charge in [-0.05, 0) is 18.6 Å². The Kier molecular flexibility index (Phi) is 4.39. The fourth-order valence-electron chi connectivity index (χ4n) is 2.52. The van der Waals surface area contributed by atoms with E-state index in [0.29, 0.717) is 12.1 Å². The average molecular weight is 345 g/mol. The lowest BCUT2D eigenvalue weighted by atomic mass is 10.2. The third-order valence-electron chi connectivity index (χ3n) is 3.70. The minimum absolute atomic E-state index is 0.0123. The zero-order chi connectivity index (χ0) is 17.3. The third kappa shape index (κ3) is 2.92. The molecule has 2 N–H and O–H groups in total. The van der Waals surface area contributed by atoms with E-state index in [1.54, 1.807) is 37.3 Å². The zero-order valence-corrected chi connectivity index (χ0v) is 13.7. The van der Waals surface area contributed by atoms with Crippen molar-refractivity contribution in [2.45, 2.75) is 30.2 Å². The van der Waals surface area contributed by atoms with Gasteiger partial charge in [0, 0.05) is 6.42 Å². The predicted octanol–water partition coefficient (Wildman–Crippen LogP) is 1.46. The maximum atomic E-state index is 12.5. The number of aromatic nitrogens is 2. The van der Waals surface area contributed by atoms with Crippen LogP contribution < -0.4 is 10.5 Å². The van der Waals surface area contributed by atoms with Crippen molar-refractivity contribution in [1.82, 2.24) is 9.97 Å². The van der Waals surface area contributed by atoms with Crippen molar-refractivity contribution in [3.63, 3.8) is 0 Å². The van der Waals surface area contributed by atoms with Crippen molar-refractivity contribution in [3.05, 3.63) is 46.2 Å². The normalized spacial score (nSPS) is 17.5. The molecule has 2 heterocycles. The number of aromatic amines is 1. The van der Waals surface area contributed by atoms with Gasteiger partial charge in [-0.1, -0.05) is 36.9 Å². The van der Waals surface area contributed by atoms with E-state index in [9.17, 15) is 19.5 Å². The highest BCUT2D eigenvalue weighted by atomic mass is 32.2. The molecule has 2 aromatic rings. The van der Waals surface area contributed by atoms with Gasteiger partial charge in [0.25, 0.3) is 5.56 Å². The molecule has 124 valence electrons. The molecule has 0 unspecified atom stereocenters. The van der Waals surface area contributed by atoms with Crippen molar-refractivity contribution >= 4 is 29.3 Å². The number of aromatic hydroxyl groups is 1. The number of imide groups is 1. The maximum Gasteiger partial charge on any atom is 0.258 e. The van der Waals surface area contributed by atoms with E-state index in [0.717, 1.165) is 16.7 Å². The van der Waals surface area contributed by atoms with Gasteiger partial charge in [-0.3, -0.25) is 14.4 Å². The van der Waals surface area contributed by atoms with Gasteiger partial charge >= 0.3 is 0 Å². The Hall–Kier alpha value is -2.61. The van der Waals surface area contributed by atoms with Crippen molar-refractivity contribution in [3.8, 4) is 5.88 Å². The summed E-state index contributed by atoms with van der Waals surface area (Å²) >= 11 is 0.970. The van der Waals surface area contributed by atoms with E-state index in [4.69, 9.17) is 0 Å². The highest BCUT2D eigenvalue weighted by molar-refractivity contribution is 8.00. The minimum Gasteiger partial charge on any atom is -0.493 e. The quantitative estimate of drug-likeness (QED) is 0.642. The largest absolute Gasteiger partial charge is 0.493 e. The first-order chi connectivity index (χ1) is 11.5. The van der Waals surface area contributed by atoms with Crippen molar-refractivity contribution in [1.29, 1.82) is 0 Å². The number of H-pyrrole nitrogens is 1. The molecule has 0 saturated carbocycles. The first kappa shape index (κ1) is 16.3. The number of hydrogen-bond donors (Lipinski definition) is 2. The topological polar surface area (TPSA) is 103 Å². The molecule has 7 nitrogen and oxygen atoms in total. The van der Waals surface area contributed by atoms with Crippen LogP contribution in [0.1, 0.15) is 18.9 Å². The van der Waals surface area contributed by atoms with E-state index < -0.39 is 10.8 Å². The number of carbonyl (C=O) groups excluding carboxylic acids is 2. The van der Waals surface area contributed by atoms with Crippen LogP contribution in [0.3, 0.4) is 0 Å². The van der Waals surface area contributed by atoms with Gasteiger partial charge in [0.1, 0.15) is 5.25 Å². The molecule has 24 heavy (non-hydrogen) atoms. The van der Waals surface area contributed by atoms with Gasteiger partial charge in [-0.2, -0.15) is 4.98 Å². The lowest BCUT2D eigenvalue weighted by Crippen LogP contribution is -2.31. The number of benzene rings is 1. The Labute approximate surface area is 141 Å². The van der Waals surface area contributed by atoms with Gasteiger partial charge in [0.05, 0.1) is 11.3 Å². The Bertz CT molecular complexity index is 850. The second kappa shape index (κ2) is 6.48. The van der Waals surface area contributed by atoms with E-state index in [2.05, 4.69) is 9.97 Å². The molecule has 1 fully saturated rings. The van der Waals surface area contributed by atoms with Crippen LogP contribution in [-0.4, -0.2) is 32.1 Å². The molecule has 1 saturated heterocycles. The summed E-state index contributed by atoms with van der Waals surface area (Å²) in [7, 11) is 0. The van der Waals surface area contributed by atoms with Crippen LogP contribution in [0.2, 0.25) is 0 Å². The molecule has 3 rings (SSSR count). The van der Waals surface area contributed by atoms with Crippen molar-refractivity contribution in [2.24, 2.45) is 0 Å². The summed E-state index contributed by atoms with van der Waals surface area (Å²) in [6, 6.07) is 8.66. The molecule has 0 radical (unpaired) electrons. The molecular weight excluding hydrogens is 330 g/mol. The number of carbonyl (C=O) groups is 2. The first-order valence-corrected chi connectivity index (χ1v) is 8.30. The minimum atomic E-state index is -0.687. The van der Waals surface area contributed by atoms with Crippen LogP contribution in [0.4, 0.5) is 5.69 Å². The van der Waals surface area contributed by atoms with Crippen LogP contribution in [-0.2, 0) is 16.0 Å². The third-order valence-corrected chi connectivity index (χ3v) is 4.77. The summed E-state index contributed by atoms with van der Waals surface area (Å²) in [6.07, 6.45) is 0.361. The highest BCUT2D eigenvalue weighted by Gasteiger charge is 2.40. The monoisotopic (exact) mass is 345 g/mol. The molecule has 1 aromatic carbocycles. The van der Waals surface area contributed by atoms with Gasteiger partial charge in [0.2, 0.25) is 17.7 Å². The Morgan fingerprint density at radius 3 is 2.62 bits per heavy atom. The summed E-state index contributed by atoms with van der Waals surface area (Å²) in [5.41, 5.74) is 0.268. The van der Waals surface area contributed by atoms with Crippen LogP contribution in [0, 0.1) is 0 Å². The first-order valence-electron chi connectivity index (χ1n) is 7.42. The summed E-state index contributed by atoms with van der Waals surface area (Å²) < 4.78 is 0. The van der Waals surface area contributed by atoms with E-state index in [1.165, 1.54) is 0 Å². The summed E-state index contributed by atoms with van der Waals surface area (Å²) in [5, 5.41) is 9.22. The number of thioether (sulfide) groups is 1. The summed E-state index contributed by atoms with van der Waals surface area (Å²) in [5.74, 6) is -1.02. The molecule has 1 atom stereocenters. The summed E-state index contributed by atoms with van der Waals surface area (Å²) in [4.78, 5) is 44.1. The fraction of sp³-hybridized carbons (Fsp3) is 0.250. The van der Waals surface area contributed by atoms with Gasteiger partial charge in [-0.25, -0.2) is 4.90 Å². The molecule has 2 amide bonds. The number of anilines is 1. The van der Waals surface area contributed by atoms with Crippen LogP contribution in [0.5, 0.6) is 5.88 Å². The predicted molar refractivity (Wildman–Crippen MR) is 89.1 cm³/mol. The molecule has 8 heteroatoms. The molecule has 0 aliphatic carbocycles. The van der Waals surface area contributed by atoms with E-state index in [-0.39, 0.29) is 34.8 Å². The standard InChI is InChI=1S/C16H15N3O4S/c1-2-10-13(21)17-16(18-14(10)22)24-11-8-12(20)19(15(11)23)9-6-4-3-5-7-9/h3-7,11H,2,8H2,1H3,(H2,17,18,21,22)/t11-/m1/s1. The second-order valence-corrected chi connectivity index (χ2v) is 6.43. The van der Waals surface area contributed by atoms with Crippen molar-refractivity contribution < 1.29 is 14.7 Å². The van der Waals surface area contributed by atoms with Crippen LogP contribution in [0.15, 0.2) is 40.3 Å². The fourth-order valence-corrected chi connectivity index (χ4v) is 3.51. The molecule has 1 aliphatic rings. The Morgan fingerprint density at radius 1 is 1.29 bits per heavy atom. The van der Waals surface area contributed by atoms with Crippen LogP contribution >= 0.6 is 11.8 Å². The Balaban J connectivity index is 1.84. The smallest absolute Gasteiger partial charge is 0.258 e. The molecule has 1 aliphatic heterocycles. The second-order valence-electron chi connectivity index (χ2n) is 5.24. The molecule has 0 bridgehead atoms. The van der Waals surface area contributed by atoms with E-state index >= 15 is 0 Å². The number of nitrogens with zero attached hydrogens (tertiary/aromatic N) is 2. The number of nitrogens with one attached hydrogen (secondary N) is 1. The van der Waals surface area contributed by atoms with E-state index in [1.807, 2.05) is 0 Å². The highest BCUT2D eigenvalue weighted by Crippen LogP contribution is 2.32. The number of rotatable bonds is 4. The van der Waals surface area contributed by atoms with Crippen molar-refractivity contribution in [2.75, 3.05) is 4.90 Å². The lowest BCUT2D eigenvalue weighted by Gasteiger charge is -2.14. The van der Waals surface area contributed by atoms with Gasteiger partial charge in [0.15, 0.2) is 5.16 Å². The molecule has 1 aromatic heterocycles. The van der Waals surface area contributed by atoms with Gasteiger partial charge in [-0.15, -0.1) is 0 Å². The SMILES string of the molecule is CCc1c(O)nc(S[C@@H]2CC(=O)N(c3ccccc3)C2=O)[nH]c1=O. The number of hydrogen-bond acceptors (Lipinski definition) is 6. The van der Waals surface area contributed by atoms with Gasteiger partial charge < -0.3 is 10.1 Å². The summed E-state index contributed by atoms with van der Waals surface area (Å²) in [6.45, 7) is 1.73. The average Bonchev–Trinajstić information content (AvgIpc) is 2.82. The Morgan fingerprint density at radius 2 is 2.00 bits per heavy atom. The molecular formula is C16H15N3O4S. The number of para-hydroxylation sites is 1. The zero-order valence-electron chi connectivity index (χ0n) is 12.9.